The third-order valence-corrected chi connectivity index (χ3v) is 4.81. The number of aliphatic imine (C=N–C) groups is 1. The van der Waals surface area contributed by atoms with Crippen molar-refractivity contribution in [2.75, 3.05) is 20.7 Å². The summed E-state index contributed by atoms with van der Waals surface area (Å²) < 4.78 is 6.76. The maximum Gasteiger partial charge on any atom is 0.199 e. The first-order valence-corrected chi connectivity index (χ1v) is 8.45. The van der Waals surface area contributed by atoms with Crippen LogP contribution in [-0.4, -0.2) is 42.0 Å². The summed E-state index contributed by atoms with van der Waals surface area (Å²) in [6.07, 6.45) is 1.44. The SMILES string of the molecule is CN(C)/C=N/[C@@H](O)c1nc2c(s1)CCOc1cc(Br)ccc1-2. The first kappa shape index (κ1) is 15.5. The van der Waals surface area contributed by atoms with Crippen LogP contribution in [-0.2, 0) is 6.42 Å². The van der Waals surface area contributed by atoms with Gasteiger partial charge in [0.15, 0.2) is 6.23 Å². The lowest BCUT2D eigenvalue weighted by atomic mass is 10.1. The smallest absolute Gasteiger partial charge is 0.199 e. The van der Waals surface area contributed by atoms with Crippen molar-refractivity contribution in [2.24, 2.45) is 4.99 Å². The number of benzene rings is 1. The van der Waals surface area contributed by atoms with E-state index in [1.165, 1.54) is 11.3 Å². The van der Waals surface area contributed by atoms with Gasteiger partial charge >= 0.3 is 0 Å². The van der Waals surface area contributed by atoms with E-state index in [2.05, 4.69) is 25.9 Å². The lowest BCUT2D eigenvalue weighted by Crippen LogP contribution is -2.09. The van der Waals surface area contributed by atoms with Gasteiger partial charge in [0, 0.05) is 35.4 Å². The third kappa shape index (κ3) is 3.16. The Balaban J connectivity index is 1.99. The molecule has 2 heterocycles. The summed E-state index contributed by atoms with van der Waals surface area (Å²) >= 11 is 4.95. The molecule has 0 spiro atoms. The average molecular weight is 382 g/mol. The summed E-state index contributed by atoms with van der Waals surface area (Å²) in [5.41, 5.74) is 1.85. The number of halogens is 1. The summed E-state index contributed by atoms with van der Waals surface area (Å²) in [4.78, 5) is 11.6. The monoisotopic (exact) mass is 381 g/mol. The number of fused-ring (bicyclic) bond motifs is 3. The number of thiazole rings is 1. The van der Waals surface area contributed by atoms with E-state index in [9.17, 15) is 5.11 Å². The van der Waals surface area contributed by atoms with E-state index < -0.39 is 6.23 Å². The molecule has 1 aromatic carbocycles. The van der Waals surface area contributed by atoms with Crippen LogP contribution in [0.2, 0.25) is 0 Å². The molecule has 0 bridgehead atoms. The molecule has 1 atom stereocenters. The van der Waals surface area contributed by atoms with Gasteiger partial charge in [-0.3, -0.25) is 0 Å². The Hall–Kier alpha value is -1.44. The molecule has 1 aliphatic heterocycles. The standard InChI is InChI=1S/C15H16BrN3O2S/c1-19(2)8-17-14(20)15-18-13-10-4-3-9(16)7-11(10)21-6-5-12(13)22-15/h3-4,7-8,14,20H,5-6H2,1-2H3/b17-8+/t14-/m0/s1. The number of aliphatic hydroxyl groups excluding tert-OH is 1. The van der Waals surface area contributed by atoms with Crippen molar-refractivity contribution in [1.29, 1.82) is 0 Å². The molecule has 7 heteroatoms. The van der Waals surface area contributed by atoms with Gasteiger partial charge in [0.2, 0.25) is 0 Å². The molecule has 1 aliphatic rings. The predicted octanol–water partition coefficient (Wildman–Crippen LogP) is 3.09. The maximum absolute atomic E-state index is 10.2. The molecule has 1 N–H and O–H groups in total. The second-order valence-electron chi connectivity index (χ2n) is 5.16. The van der Waals surface area contributed by atoms with E-state index in [4.69, 9.17) is 4.74 Å². The number of ether oxygens (including phenoxy) is 1. The Bertz CT molecular complexity index is 715. The van der Waals surface area contributed by atoms with Crippen LogP contribution >= 0.6 is 27.3 Å². The van der Waals surface area contributed by atoms with Crippen LogP contribution in [0.3, 0.4) is 0 Å². The number of aliphatic hydroxyl groups is 1. The number of nitrogens with zero attached hydrogens (tertiary/aromatic N) is 3. The van der Waals surface area contributed by atoms with Crippen molar-refractivity contribution in [1.82, 2.24) is 9.88 Å². The Morgan fingerprint density at radius 2 is 2.32 bits per heavy atom. The van der Waals surface area contributed by atoms with Crippen LogP contribution < -0.4 is 4.74 Å². The maximum atomic E-state index is 10.2. The fourth-order valence-electron chi connectivity index (χ4n) is 2.19. The number of hydrogen-bond acceptors (Lipinski definition) is 5. The van der Waals surface area contributed by atoms with Gasteiger partial charge in [-0.15, -0.1) is 11.3 Å². The van der Waals surface area contributed by atoms with Gasteiger partial charge in [0.05, 0.1) is 18.6 Å². The Labute approximate surface area is 141 Å². The van der Waals surface area contributed by atoms with Crippen LogP contribution in [0.5, 0.6) is 5.75 Å². The Morgan fingerprint density at radius 3 is 3.09 bits per heavy atom. The molecular weight excluding hydrogens is 366 g/mol. The van der Waals surface area contributed by atoms with Crippen LogP contribution in [0.15, 0.2) is 27.7 Å². The molecule has 116 valence electrons. The Kier molecular flexibility index (Phi) is 4.46. The van der Waals surface area contributed by atoms with Crippen molar-refractivity contribution in [3.63, 3.8) is 0 Å². The summed E-state index contributed by atoms with van der Waals surface area (Å²) in [5, 5.41) is 10.8. The van der Waals surface area contributed by atoms with Crippen molar-refractivity contribution >= 4 is 33.6 Å². The highest BCUT2D eigenvalue weighted by molar-refractivity contribution is 9.10. The van der Waals surface area contributed by atoms with Crippen molar-refractivity contribution in [2.45, 2.75) is 12.6 Å². The molecule has 5 nitrogen and oxygen atoms in total. The zero-order valence-corrected chi connectivity index (χ0v) is 14.7. The quantitative estimate of drug-likeness (QED) is 0.655. The molecule has 22 heavy (non-hydrogen) atoms. The van der Waals surface area contributed by atoms with E-state index >= 15 is 0 Å². The second-order valence-corrected chi connectivity index (χ2v) is 7.20. The molecular formula is C15H16BrN3O2S. The van der Waals surface area contributed by atoms with E-state index in [0.717, 1.165) is 32.8 Å². The fourth-order valence-corrected chi connectivity index (χ4v) is 3.52. The van der Waals surface area contributed by atoms with E-state index in [-0.39, 0.29) is 0 Å². The molecule has 0 saturated heterocycles. The normalized spacial score (nSPS) is 14.9. The first-order chi connectivity index (χ1) is 10.5. The fraction of sp³-hybridized carbons (Fsp3) is 0.333. The van der Waals surface area contributed by atoms with Crippen molar-refractivity contribution < 1.29 is 9.84 Å². The number of rotatable bonds is 3. The van der Waals surface area contributed by atoms with Crippen molar-refractivity contribution in [3.8, 4) is 17.0 Å². The zero-order valence-electron chi connectivity index (χ0n) is 12.3. The van der Waals surface area contributed by atoms with Gasteiger partial charge in [-0.1, -0.05) is 15.9 Å². The minimum absolute atomic E-state index is 0.606. The summed E-state index contributed by atoms with van der Waals surface area (Å²) in [5.74, 6) is 0.816. The first-order valence-electron chi connectivity index (χ1n) is 6.84. The predicted molar refractivity (Wildman–Crippen MR) is 91.6 cm³/mol. The highest BCUT2D eigenvalue weighted by atomic mass is 79.9. The zero-order chi connectivity index (χ0) is 15.7. The van der Waals surface area contributed by atoms with Gasteiger partial charge in [0.1, 0.15) is 10.8 Å². The van der Waals surface area contributed by atoms with Gasteiger partial charge < -0.3 is 14.7 Å². The van der Waals surface area contributed by atoms with Crippen LogP contribution in [0.1, 0.15) is 16.1 Å². The lowest BCUT2D eigenvalue weighted by molar-refractivity contribution is 0.187. The topological polar surface area (TPSA) is 58.0 Å². The van der Waals surface area contributed by atoms with E-state index in [1.54, 1.807) is 11.2 Å². The van der Waals surface area contributed by atoms with E-state index in [1.807, 2.05) is 32.3 Å². The molecule has 0 aliphatic carbocycles. The molecule has 0 saturated carbocycles. The Morgan fingerprint density at radius 1 is 1.50 bits per heavy atom. The van der Waals surface area contributed by atoms with Gasteiger partial charge in [-0.2, -0.15) is 0 Å². The number of hydrogen-bond donors (Lipinski definition) is 1. The van der Waals surface area contributed by atoms with Gasteiger partial charge in [-0.25, -0.2) is 9.98 Å². The molecule has 0 amide bonds. The van der Waals surface area contributed by atoms with Crippen molar-refractivity contribution in [3.05, 3.63) is 32.6 Å². The van der Waals surface area contributed by atoms with E-state index in [0.29, 0.717) is 11.6 Å². The molecule has 2 aromatic rings. The minimum atomic E-state index is -0.931. The largest absolute Gasteiger partial charge is 0.492 e. The van der Waals surface area contributed by atoms with Crippen LogP contribution in [0, 0.1) is 0 Å². The molecule has 1 aromatic heterocycles. The molecule has 0 radical (unpaired) electrons. The minimum Gasteiger partial charge on any atom is -0.492 e. The molecule has 0 unspecified atom stereocenters. The highest BCUT2D eigenvalue weighted by Gasteiger charge is 2.22. The summed E-state index contributed by atoms with van der Waals surface area (Å²) in [7, 11) is 3.72. The second kappa shape index (κ2) is 6.36. The van der Waals surface area contributed by atoms with Gasteiger partial charge in [-0.05, 0) is 18.2 Å². The molecule has 0 fully saturated rings. The summed E-state index contributed by atoms with van der Waals surface area (Å²) in [6, 6.07) is 5.91. The van der Waals surface area contributed by atoms with Gasteiger partial charge in [0.25, 0.3) is 0 Å². The average Bonchev–Trinajstić information content (AvgIpc) is 2.82. The van der Waals surface area contributed by atoms with Crippen LogP contribution in [0.4, 0.5) is 0 Å². The molecule has 3 rings (SSSR count). The number of aromatic nitrogens is 1. The summed E-state index contributed by atoms with van der Waals surface area (Å²) in [6.45, 7) is 0.606. The van der Waals surface area contributed by atoms with Crippen LogP contribution in [0.25, 0.3) is 11.3 Å². The third-order valence-electron chi connectivity index (χ3n) is 3.16. The lowest BCUT2D eigenvalue weighted by Gasteiger charge is -2.07. The highest BCUT2D eigenvalue weighted by Crippen LogP contribution is 2.40.